The monoisotopic (exact) mass is 1180 g/mol. The third-order valence-corrected chi connectivity index (χ3v) is 19.1. The summed E-state index contributed by atoms with van der Waals surface area (Å²) in [7, 11) is 0. The van der Waals surface area contributed by atoms with E-state index in [4.69, 9.17) is 0 Å². The number of thiazole rings is 2. The van der Waals surface area contributed by atoms with Crippen LogP contribution in [-0.2, 0) is 10.8 Å². The topological polar surface area (TPSA) is 129 Å². The maximum Gasteiger partial charge on any atom is 0.0843 e. The van der Waals surface area contributed by atoms with Gasteiger partial charge in [-0.05, 0) is 136 Å². The molecule has 8 rings (SSSR count). The number of aryl methyl sites for hydroxylation is 1. The van der Waals surface area contributed by atoms with Gasteiger partial charge >= 0.3 is 0 Å². The molecular formula is C60H100N10S7. The van der Waals surface area contributed by atoms with Crippen molar-refractivity contribution in [2.45, 2.75) is 276 Å². The lowest BCUT2D eigenvalue weighted by Gasteiger charge is -2.17. The van der Waals surface area contributed by atoms with Gasteiger partial charge < -0.3 is 0 Å². The number of aromatic nitrogens is 10. The summed E-state index contributed by atoms with van der Waals surface area (Å²) < 4.78 is 20.2. The van der Waals surface area contributed by atoms with Crippen LogP contribution in [0.1, 0.15) is 333 Å². The summed E-state index contributed by atoms with van der Waals surface area (Å²) in [5.41, 5.74) is 14.1. The Labute approximate surface area is 496 Å². The summed E-state index contributed by atoms with van der Waals surface area (Å²) in [5.74, 6) is 6.67. The van der Waals surface area contributed by atoms with E-state index in [9.17, 15) is 0 Å². The van der Waals surface area contributed by atoms with Gasteiger partial charge in [0.2, 0.25) is 0 Å². The van der Waals surface area contributed by atoms with Gasteiger partial charge in [0.25, 0.3) is 0 Å². The number of hydrogen-bond acceptors (Lipinski definition) is 17. The summed E-state index contributed by atoms with van der Waals surface area (Å²) >= 11 is 11.4. The highest BCUT2D eigenvalue weighted by Crippen LogP contribution is 2.45. The zero-order valence-electron chi connectivity index (χ0n) is 52.4. The van der Waals surface area contributed by atoms with Crippen LogP contribution in [0, 0.1) is 6.92 Å². The number of nitrogens with zero attached hydrogens (tertiary/aromatic N) is 10. The van der Waals surface area contributed by atoms with Gasteiger partial charge in [-0.25, -0.2) is 9.97 Å². The molecule has 0 unspecified atom stereocenters. The third kappa shape index (κ3) is 23.3. The minimum absolute atomic E-state index is 0.132. The Balaban J connectivity index is 0.000000308. The first-order valence-corrected chi connectivity index (χ1v) is 33.6. The van der Waals surface area contributed by atoms with Crippen LogP contribution in [0.4, 0.5) is 0 Å². The Morgan fingerprint density at radius 1 is 0.416 bits per heavy atom. The zero-order valence-corrected chi connectivity index (χ0v) is 58.1. The van der Waals surface area contributed by atoms with Crippen LogP contribution in [0.5, 0.6) is 0 Å². The van der Waals surface area contributed by atoms with Crippen LogP contribution in [0.15, 0.2) is 22.5 Å². The molecule has 0 spiro atoms. The normalized spacial score (nSPS) is 12.6. The predicted octanol–water partition coefficient (Wildman–Crippen LogP) is 21.2. The van der Waals surface area contributed by atoms with E-state index < -0.39 is 0 Å². The standard InChI is InChI=1S/C10H16S.C9H14N2S.C9H16N2S.2C9H15NS.C8H14N2S.C6H10N2S/c1-7(2)9-5-6-11-10(9)8(3)4;1-9(2,3)8-7(6-4-5-6)12-11-10-8;1-6(2)7-8(9(3,4)5)10-11-12-7;2*1-6(2)8-9(7(3)4)11-5-10-8;1-5(2)7-8(6(3)4)11-10-9-7;1-4(2)6-5(3)7-9-8-6/h5-8H,1-4H3;6H,4-5H2,1-3H3;6H,1-5H3;2*5-7H,1-4H3;5-6H,1-4H3;4H,1-3H3. The zero-order chi connectivity index (χ0) is 58.7. The fourth-order valence-electron chi connectivity index (χ4n) is 7.73. The summed E-state index contributed by atoms with van der Waals surface area (Å²) in [6.07, 6.45) is 2.68. The van der Waals surface area contributed by atoms with E-state index in [1.807, 2.05) is 29.3 Å². The van der Waals surface area contributed by atoms with Crippen LogP contribution in [0.2, 0.25) is 0 Å². The smallest absolute Gasteiger partial charge is 0.0843 e. The third-order valence-electron chi connectivity index (χ3n) is 12.0. The summed E-state index contributed by atoms with van der Waals surface area (Å²) in [4.78, 5) is 17.2. The second kappa shape index (κ2) is 33.2. The molecule has 1 saturated carbocycles. The molecule has 0 amide bonds. The first kappa shape index (κ1) is 70.3. The van der Waals surface area contributed by atoms with Gasteiger partial charge in [-0.1, -0.05) is 193 Å². The molecule has 0 saturated heterocycles. The van der Waals surface area contributed by atoms with Crippen molar-refractivity contribution in [3.8, 4) is 0 Å². The van der Waals surface area contributed by atoms with Crippen molar-refractivity contribution in [3.05, 3.63) is 97.2 Å². The molecule has 77 heavy (non-hydrogen) atoms. The van der Waals surface area contributed by atoms with Gasteiger partial charge in [0.05, 0.1) is 77.2 Å². The molecule has 0 radical (unpaired) electrons. The van der Waals surface area contributed by atoms with Crippen molar-refractivity contribution < 1.29 is 0 Å². The van der Waals surface area contributed by atoms with Crippen molar-refractivity contribution in [1.82, 2.24) is 47.5 Å². The highest BCUT2D eigenvalue weighted by Gasteiger charge is 2.33. The predicted molar refractivity (Wildman–Crippen MR) is 343 cm³/mol. The van der Waals surface area contributed by atoms with Crippen molar-refractivity contribution in [3.63, 3.8) is 0 Å². The Hall–Kier alpha value is -2.80. The molecule has 7 aromatic rings. The number of thiophene rings is 1. The van der Waals surface area contributed by atoms with Gasteiger partial charge in [-0.15, -0.1) is 49.3 Å². The molecule has 1 aliphatic rings. The maximum atomic E-state index is 4.36. The molecule has 0 aliphatic heterocycles. The molecular weight excluding hydrogens is 1090 g/mol. The van der Waals surface area contributed by atoms with Gasteiger partial charge in [0.15, 0.2) is 0 Å². The lowest BCUT2D eigenvalue weighted by molar-refractivity contribution is 0.556. The Kier molecular flexibility index (Phi) is 30.3. The average molecular weight is 1190 g/mol. The second-order valence-corrected chi connectivity index (χ2v) is 30.6. The van der Waals surface area contributed by atoms with Crippen molar-refractivity contribution >= 4 is 80.3 Å². The second-order valence-electron chi connectivity index (χ2n) is 25.0. The largest absolute Gasteiger partial charge is 0.249 e. The van der Waals surface area contributed by atoms with Crippen LogP contribution >= 0.6 is 80.3 Å². The molecule has 10 nitrogen and oxygen atoms in total. The minimum atomic E-state index is 0.132. The lowest BCUT2D eigenvalue weighted by Crippen LogP contribution is -2.14. The van der Waals surface area contributed by atoms with Crippen LogP contribution in [0.3, 0.4) is 0 Å². The summed E-state index contributed by atoms with van der Waals surface area (Å²) in [6, 6.07) is 2.25. The van der Waals surface area contributed by atoms with Crippen molar-refractivity contribution in [2.75, 3.05) is 0 Å². The highest BCUT2D eigenvalue weighted by molar-refractivity contribution is 7.10. The van der Waals surface area contributed by atoms with Crippen LogP contribution in [0.25, 0.3) is 0 Å². The molecule has 1 fully saturated rings. The van der Waals surface area contributed by atoms with Gasteiger partial charge in [-0.3, -0.25) is 0 Å². The Bertz CT molecular complexity index is 2310. The molecule has 7 heterocycles. The number of rotatable bonds is 11. The van der Waals surface area contributed by atoms with E-state index in [2.05, 4.69) is 239 Å². The van der Waals surface area contributed by atoms with E-state index in [-0.39, 0.29) is 10.8 Å². The molecule has 432 valence electrons. The molecule has 17 heteroatoms. The minimum Gasteiger partial charge on any atom is -0.249 e. The molecule has 0 N–H and O–H groups in total. The summed E-state index contributed by atoms with van der Waals surface area (Å²) in [6.45, 7) is 59.1. The fraction of sp³-hybridized carbons (Fsp3) is 0.700. The van der Waals surface area contributed by atoms with E-state index in [1.165, 1.54) is 100 Å². The van der Waals surface area contributed by atoms with E-state index >= 15 is 0 Å². The first-order valence-electron chi connectivity index (χ1n) is 27.9. The highest BCUT2D eigenvalue weighted by atomic mass is 32.1. The molecule has 7 aromatic heterocycles. The SMILES string of the molecule is CC(C)(C)c1nnsc1C1CC1.CC(C)c1ccsc1C(C)C.CC(C)c1ncsc1C(C)C.CC(C)c1ncsc1C(C)C.CC(C)c1nnsc1C(C)C.CC(C)c1snnc1C(C)(C)C.Cc1nsnc1C(C)C. The lowest BCUT2D eigenvalue weighted by atomic mass is 9.89. The van der Waals surface area contributed by atoms with E-state index in [1.54, 1.807) is 39.1 Å². The Morgan fingerprint density at radius 3 is 1.14 bits per heavy atom. The Morgan fingerprint density at radius 2 is 0.831 bits per heavy atom. The van der Waals surface area contributed by atoms with E-state index in [0.717, 1.165) is 23.0 Å². The molecule has 0 atom stereocenters. The van der Waals surface area contributed by atoms with Gasteiger partial charge in [0.1, 0.15) is 0 Å². The molecule has 0 aromatic carbocycles. The van der Waals surface area contributed by atoms with Gasteiger partial charge in [0, 0.05) is 25.5 Å². The average Bonchev–Trinajstić information content (AvgIpc) is 4.13. The van der Waals surface area contributed by atoms with Crippen LogP contribution < -0.4 is 0 Å². The van der Waals surface area contributed by atoms with Crippen molar-refractivity contribution in [1.29, 1.82) is 0 Å². The fourth-order valence-corrected chi connectivity index (χ4v) is 14.1. The first-order chi connectivity index (χ1) is 35.7. The molecule has 1 aliphatic carbocycles. The quantitative estimate of drug-likeness (QED) is 0.123. The maximum absolute atomic E-state index is 4.36. The number of hydrogen-bond donors (Lipinski definition) is 0. The van der Waals surface area contributed by atoms with Gasteiger partial charge in [-0.2, -0.15) is 8.75 Å². The van der Waals surface area contributed by atoms with E-state index in [0.29, 0.717) is 59.2 Å². The molecule has 0 bridgehead atoms. The summed E-state index contributed by atoms with van der Waals surface area (Å²) in [5, 5.41) is 14.7. The van der Waals surface area contributed by atoms with Crippen LogP contribution in [-0.4, -0.2) is 47.5 Å². The van der Waals surface area contributed by atoms with Crippen molar-refractivity contribution in [2.24, 2.45) is 0 Å².